The number of hydrogen-bond donors (Lipinski definition) is 1. The molecule has 1 aromatic heterocycles. The monoisotopic (exact) mass is 371 g/mol. The molecular weight excluding hydrogens is 346 g/mol. The summed E-state index contributed by atoms with van der Waals surface area (Å²) in [6.07, 6.45) is 2.68. The average Bonchev–Trinajstić information content (AvgIpc) is 3.08. The first-order chi connectivity index (χ1) is 13.5. The maximum atomic E-state index is 13.6. The van der Waals surface area contributed by atoms with Gasteiger partial charge in [-0.25, -0.2) is 9.97 Å². The fourth-order valence-electron chi connectivity index (χ4n) is 5.44. The first-order valence-corrected chi connectivity index (χ1v) is 10.1. The van der Waals surface area contributed by atoms with Gasteiger partial charge in [-0.1, -0.05) is 56.3 Å². The van der Waals surface area contributed by atoms with Gasteiger partial charge in [0.25, 0.3) is 0 Å². The van der Waals surface area contributed by atoms with Gasteiger partial charge >= 0.3 is 0 Å². The zero-order chi connectivity index (χ0) is 19.4. The van der Waals surface area contributed by atoms with Crippen LogP contribution in [0.15, 0.2) is 54.6 Å². The van der Waals surface area contributed by atoms with Crippen LogP contribution in [-0.2, 0) is 16.6 Å². The molecule has 5 rings (SSSR count). The third kappa shape index (κ3) is 2.27. The summed E-state index contributed by atoms with van der Waals surface area (Å²) in [7, 11) is 0. The number of rotatable bonds is 4. The zero-order valence-electron chi connectivity index (χ0n) is 16.4. The van der Waals surface area contributed by atoms with Crippen LogP contribution in [0, 0.1) is 5.41 Å². The Morgan fingerprint density at radius 2 is 1.71 bits per heavy atom. The molecule has 2 aliphatic carbocycles. The van der Waals surface area contributed by atoms with Crippen molar-refractivity contribution in [3.63, 3.8) is 0 Å². The predicted molar refractivity (Wildman–Crippen MR) is 110 cm³/mol. The zero-order valence-corrected chi connectivity index (χ0v) is 16.4. The minimum absolute atomic E-state index is 0.110. The highest BCUT2D eigenvalue weighted by Gasteiger charge is 2.67. The van der Waals surface area contributed by atoms with Crippen molar-refractivity contribution in [3.05, 3.63) is 71.5 Å². The van der Waals surface area contributed by atoms with Gasteiger partial charge in [0.15, 0.2) is 0 Å². The molecule has 0 spiro atoms. The van der Waals surface area contributed by atoms with Gasteiger partial charge in [-0.05, 0) is 42.4 Å². The van der Waals surface area contributed by atoms with Crippen molar-refractivity contribution in [3.8, 4) is 0 Å². The molecule has 2 aromatic carbocycles. The van der Waals surface area contributed by atoms with Crippen molar-refractivity contribution in [2.24, 2.45) is 5.41 Å². The molecule has 0 aliphatic heterocycles. The number of carbonyl (C=O) groups excluding carboxylic acids is 1. The number of fused-ring (bicyclic) bond motifs is 6. The molecular formula is C24H25N3O. The number of nitrogens with zero attached hydrogens (tertiary/aromatic N) is 2. The van der Waals surface area contributed by atoms with Crippen molar-refractivity contribution < 1.29 is 4.79 Å². The Balaban J connectivity index is 1.49. The second-order valence-electron chi connectivity index (χ2n) is 8.66. The van der Waals surface area contributed by atoms with Gasteiger partial charge in [-0.2, -0.15) is 0 Å². The summed E-state index contributed by atoms with van der Waals surface area (Å²) in [6.45, 7) is 5.08. The molecule has 4 nitrogen and oxygen atoms in total. The van der Waals surface area contributed by atoms with Crippen molar-refractivity contribution in [1.29, 1.82) is 0 Å². The molecule has 2 aliphatic rings. The molecule has 3 aromatic rings. The topological polar surface area (TPSA) is 54.9 Å². The Labute approximate surface area is 165 Å². The summed E-state index contributed by atoms with van der Waals surface area (Å²) in [5.74, 6) is 0.402. The maximum Gasteiger partial charge on any atom is 0.232 e. The van der Waals surface area contributed by atoms with Gasteiger partial charge in [0, 0.05) is 12.5 Å². The van der Waals surface area contributed by atoms with Crippen LogP contribution < -0.4 is 5.32 Å². The largest absolute Gasteiger partial charge is 0.355 e. The van der Waals surface area contributed by atoms with E-state index in [4.69, 9.17) is 9.97 Å². The molecule has 2 atom stereocenters. The van der Waals surface area contributed by atoms with E-state index in [1.807, 2.05) is 42.5 Å². The number of carbonyl (C=O) groups is 1. The molecule has 1 N–H and O–H groups in total. The van der Waals surface area contributed by atoms with Crippen LogP contribution in [0.3, 0.4) is 0 Å². The summed E-state index contributed by atoms with van der Waals surface area (Å²) in [6, 6.07) is 18.3. The smallest absolute Gasteiger partial charge is 0.232 e. The lowest BCUT2D eigenvalue weighted by Crippen LogP contribution is -2.50. The number of nitrogens with one attached hydrogen (secondary N) is 1. The van der Waals surface area contributed by atoms with Gasteiger partial charge in [0.05, 0.1) is 27.8 Å². The molecule has 4 heteroatoms. The number of benzene rings is 2. The molecule has 1 heterocycles. The minimum Gasteiger partial charge on any atom is -0.355 e. The van der Waals surface area contributed by atoms with E-state index in [1.165, 1.54) is 5.56 Å². The van der Waals surface area contributed by atoms with Gasteiger partial charge in [-0.15, -0.1) is 0 Å². The fourth-order valence-corrected chi connectivity index (χ4v) is 5.44. The highest BCUT2D eigenvalue weighted by atomic mass is 16.2. The number of hydrogen-bond acceptors (Lipinski definition) is 3. The number of para-hydroxylation sites is 2. The molecule has 1 fully saturated rings. The van der Waals surface area contributed by atoms with Crippen molar-refractivity contribution in [2.45, 2.75) is 44.4 Å². The molecule has 0 saturated heterocycles. The molecule has 1 amide bonds. The molecule has 28 heavy (non-hydrogen) atoms. The summed E-state index contributed by atoms with van der Waals surface area (Å²) in [4.78, 5) is 23.5. The van der Waals surface area contributed by atoms with E-state index in [0.29, 0.717) is 12.5 Å². The van der Waals surface area contributed by atoms with E-state index in [1.54, 1.807) is 0 Å². The summed E-state index contributed by atoms with van der Waals surface area (Å²) >= 11 is 0. The Morgan fingerprint density at radius 1 is 1.04 bits per heavy atom. The minimum atomic E-state index is -0.583. The van der Waals surface area contributed by atoms with Crippen LogP contribution in [0.25, 0.3) is 11.0 Å². The quantitative estimate of drug-likeness (QED) is 0.750. The highest BCUT2D eigenvalue weighted by molar-refractivity contribution is 5.92. The van der Waals surface area contributed by atoms with E-state index in [0.717, 1.165) is 41.7 Å². The first-order valence-electron chi connectivity index (χ1n) is 10.1. The molecule has 2 unspecified atom stereocenters. The molecule has 0 radical (unpaired) electrons. The van der Waals surface area contributed by atoms with Crippen molar-refractivity contribution in [1.82, 2.24) is 15.3 Å². The standard InChI is InChI=1S/C24H25N3O/c1-23(2)17-12-14-24(23,22(28)25-15-13-16-8-4-3-5-9-16)21-20(17)26-18-10-6-7-11-19(18)27-21/h3-11,17H,12-15H2,1-2H3,(H,25,28). The van der Waals surface area contributed by atoms with E-state index in [-0.39, 0.29) is 11.3 Å². The Kier molecular flexibility index (Phi) is 3.80. The normalized spacial score (nSPS) is 24.3. The molecule has 1 saturated carbocycles. The van der Waals surface area contributed by atoms with E-state index in [2.05, 4.69) is 31.3 Å². The predicted octanol–water partition coefficient (Wildman–Crippen LogP) is 4.14. The maximum absolute atomic E-state index is 13.6. The van der Waals surface area contributed by atoms with E-state index < -0.39 is 5.41 Å². The van der Waals surface area contributed by atoms with Crippen LogP contribution in [0.4, 0.5) is 0 Å². The van der Waals surface area contributed by atoms with Crippen molar-refractivity contribution >= 4 is 16.9 Å². The lowest BCUT2D eigenvalue weighted by Gasteiger charge is -2.36. The Morgan fingerprint density at radius 3 is 2.46 bits per heavy atom. The third-order valence-corrected chi connectivity index (χ3v) is 7.04. The Bertz CT molecular complexity index is 1060. The summed E-state index contributed by atoms with van der Waals surface area (Å²) in [5, 5.41) is 3.23. The van der Waals surface area contributed by atoms with Crippen molar-refractivity contribution in [2.75, 3.05) is 6.54 Å². The summed E-state index contributed by atoms with van der Waals surface area (Å²) in [5.41, 5.74) is 4.22. The lowest BCUT2D eigenvalue weighted by molar-refractivity contribution is -0.129. The Hall–Kier alpha value is -2.75. The highest BCUT2D eigenvalue weighted by Crippen LogP contribution is 2.67. The molecule has 142 valence electrons. The second kappa shape index (κ2) is 6.13. The van der Waals surface area contributed by atoms with Crippen LogP contribution >= 0.6 is 0 Å². The van der Waals surface area contributed by atoms with Gasteiger partial charge in [-0.3, -0.25) is 4.79 Å². The number of aromatic nitrogens is 2. The first kappa shape index (κ1) is 17.4. The summed E-state index contributed by atoms with van der Waals surface area (Å²) < 4.78 is 0. The fraction of sp³-hybridized carbons (Fsp3) is 0.375. The average molecular weight is 371 g/mol. The van der Waals surface area contributed by atoms with E-state index >= 15 is 0 Å². The van der Waals surface area contributed by atoms with Gasteiger partial charge in [0.2, 0.25) is 5.91 Å². The third-order valence-electron chi connectivity index (χ3n) is 7.04. The second-order valence-corrected chi connectivity index (χ2v) is 8.66. The SMILES string of the molecule is CC1(C)C2CCC1(C(=O)NCCc1ccccc1)c1nc3ccccc3nc12. The van der Waals surface area contributed by atoms with Gasteiger partial charge < -0.3 is 5.32 Å². The van der Waals surface area contributed by atoms with Crippen LogP contribution in [0.5, 0.6) is 0 Å². The van der Waals surface area contributed by atoms with Gasteiger partial charge in [0.1, 0.15) is 0 Å². The van der Waals surface area contributed by atoms with Crippen LogP contribution in [-0.4, -0.2) is 22.4 Å². The number of amides is 1. The van der Waals surface area contributed by atoms with E-state index in [9.17, 15) is 4.79 Å². The lowest BCUT2D eigenvalue weighted by atomic mass is 9.67. The van der Waals surface area contributed by atoms with Crippen LogP contribution in [0.1, 0.15) is 49.6 Å². The molecule has 2 bridgehead atoms. The van der Waals surface area contributed by atoms with Crippen LogP contribution in [0.2, 0.25) is 0 Å².